The Kier molecular flexibility index (Phi) is 4.31. The van der Waals surface area contributed by atoms with Crippen molar-refractivity contribution in [1.82, 2.24) is 0 Å². The Bertz CT molecular complexity index is 576. The number of epoxide rings is 1. The maximum absolute atomic E-state index is 12.3. The van der Waals surface area contributed by atoms with Gasteiger partial charge in [-0.2, -0.15) is 0 Å². The van der Waals surface area contributed by atoms with Gasteiger partial charge in [0, 0.05) is 0 Å². The summed E-state index contributed by atoms with van der Waals surface area (Å²) in [7, 11) is 0. The van der Waals surface area contributed by atoms with Gasteiger partial charge in [0.15, 0.2) is 0 Å². The molecule has 21 heavy (non-hydrogen) atoms. The van der Waals surface area contributed by atoms with Crippen LogP contribution in [0.3, 0.4) is 0 Å². The molecule has 0 radical (unpaired) electrons. The summed E-state index contributed by atoms with van der Waals surface area (Å²) in [5, 5.41) is 0. The number of esters is 1. The number of hydrogen-bond donors (Lipinski definition) is 0. The van der Waals surface area contributed by atoms with E-state index < -0.39 is 0 Å². The summed E-state index contributed by atoms with van der Waals surface area (Å²) in [5.41, 5.74) is 2.13. The van der Waals surface area contributed by atoms with Gasteiger partial charge in [0.25, 0.3) is 0 Å². The minimum absolute atomic E-state index is 0.00785. The molecule has 108 valence electrons. The molecular weight excluding hydrogens is 264 g/mol. The highest BCUT2D eigenvalue weighted by molar-refractivity contribution is 5.74. The average Bonchev–Trinajstić information content (AvgIpc) is 3.37. The molecular formula is C18H18O3. The Morgan fingerprint density at radius 3 is 2.19 bits per heavy atom. The van der Waals surface area contributed by atoms with Crippen molar-refractivity contribution in [2.24, 2.45) is 5.92 Å². The summed E-state index contributed by atoms with van der Waals surface area (Å²) < 4.78 is 10.8. The summed E-state index contributed by atoms with van der Waals surface area (Å²) >= 11 is 0. The molecule has 3 rings (SSSR count). The van der Waals surface area contributed by atoms with Crippen LogP contribution < -0.4 is 0 Å². The van der Waals surface area contributed by atoms with Crippen molar-refractivity contribution in [2.75, 3.05) is 6.61 Å². The largest absolute Gasteiger partial charge is 0.461 e. The zero-order valence-corrected chi connectivity index (χ0v) is 11.8. The van der Waals surface area contributed by atoms with Crippen molar-refractivity contribution in [2.45, 2.75) is 19.1 Å². The molecule has 2 aromatic carbocycles. The van der Waals surface area contributed by atoms with Crippen LogP contribution in [0.25, 0.3) is 0 Å². The van der Waals surface area contributed by atoms with E-state index in [9.17, 15) is 4.79 Å². The Morgan fingerprint density at radius 2 is 1.62 bits per heavy atom. The molecule has 1 saturated heterocycles. The molecule has 2 atom stereocenters. The van der Waals surface area contributed by atoms with Crippen LogP contribution in [0.1, 0.15) is 11.1 Å². The SMILES string of the molecule is O=C(OCc1ccccc1)C(Cc1ccccc1)C1CO1. The predicted octanol–water partition coefficient (Wildman–Crippen LogP) is 2.99. The lowest BCUT2D eigenvalue weighted by molar-refractivity contribution is -0.150. The molecule has 3 heteroatoms. The zero-order chi connectivity index (χ0) is 14.5. The molecule has 2 unspecified atom stereocenters. The summed E-state index contributed by atoms with van der Waals surface area (Å²) in [4.78, 5) is 12.3. The van der Waals surface area contributed by atoms with Gasteiger partial charge in [-0.25, -0.2) is 0 Å². The zero-order valence-electron chi connectivity index (χ0n) is 11.8. The van der Waals surface area contributed by atoms with E-state index in [-0.39, 0.29) is 18.0 Å². The van der Waals surface area contributed by atoms with Gasteiger partial charge >= 0.3 is 5.97 Å². The van der Waals surface area contributed by atoms with Crippen LogP contribution in [0.15, 0.2) is 60.7 Å². The minimum Gasteiger partial charge on any atom is -0.461 e. The van der Waals surface area contributed by atoms with Gasteiger partial charge in [-0.1, -0.05) is 60.7 Å². The van der Waals surface area contributed by atoms with Crippen molar-refractivity contribution >= 4 is 5.97 Å². The van der Waals surface area contributed by atoms with Gasteiger partial charge in [-0.15, -0.1) is 0 Å². The van der Waals surface area contributed by atoms with E-state index in [0.29, 0.717) is 19.6 Å². The number of rotatable bonds is 6. The van der Waals surface area contributed by atoms with Gasteiger partial charge in [0.1, 0.15) is 6.61 Å². The second-order valence-electron chi connectivity index (χ2n) is 5.26. The van der Waals surface area contributed by atoms with Crippen molar-refractivity contribution in [3.05, 3.63) is 71.8 Å². The number of hydrogen-bond acceptors (Lipinski definition) is 3. The molecule has 0 saturated carbocycles. The van der Waals surface area contributed by atoms with Crippen LogP contribution in [-0.4, -0.2) is 18.7 Å². The number of carbonyl (C=O) groups excluding carboxylic acids is 1. The van der Waals surface area contributed by atoms with Crippen molar-refractivity contribution in [1.29, 1.82) is 0 Å². The molecule has 0 N–H and O–H groups in total. The van der Waals surface area contributed by atoms with Crippen LogP contribution in [0.4, 0.5) is 0 Å². The van der Waals surface area contributed by atoms with Gasteiger partial charge in [-0.3, -0.25) is 4.79 Å². The first kappa shape index (κ1) is 13.8. The molecule has 0 aliphatic carbocycles. The molecule has 0 bridgehead atoms. The van der Waals surface area contributed by atoms with Crippen LogP contribution in [-0.2, 0) is 27.3 Å². The molecule has 1 aliphatic heterocycles. The normalized spacial score (nSPS) is 18.0. The quantitative estimate of drug-likeness (QED) is 0.604. The molecule has 1 heterocycles. The molecule has 1 aliphatic rings. The van der Waals surface area contributed by atoms with E-state index in [1.54, 1.807) is 0 Å². The van der Waals surface area contributed by atoms with Gasteiger partial charge in [0.05, 0.1) is 18.6 Å². The smallest absolute Gasteiger partial charge is 0.312 e. The third-order valence-electron chi connectivity index (χ3n) is 3.63. The second kappa shape index (κ2) is 6.55. The Labute approximate surface area is 124 Å². The number of carbonyl (C=O) groups is 1. The highest BCUT2D eigenvalue weighted by atomic mass is 16.6. The van der Waals surface area contributed by atoms with Crippen LogP contribution in [0.5, 0.6) is 0 Å². The third kappa shape index (κ3) is 3.92. The predicted molar refractivity (Wildman–Crippen MR) is 79.6 cm³/mol. The Morgan fingerprint density at radius 1 is 1.05 bits per heavy atom. The first-order valence-electron chi connectivity index (χ1n) is 7.19. The number of benzene rings is 2. The topological polar surface area (TPSA) is 38.8 Å². The second-order valence-corrected chi connectivity index (χ2v) is 5.26. The standard InChI is InChI=1S/C18H18O3/c19-18(21-12-15-9-5-2-6-10-15)16(17-13-20-17)11-14-7-3-1-4-8-14/h1-10,16-17H,11-13H2. The van der Waals surface area contributed by atoms with E-state index in [2.05, 4.69) is 0 Å². The molecule has 2 aromatic rings. The summed E-state index contributed by atoms with van der Waals surface area (Å²) in [6.45, 7) is 0.968. The molecule has 0 spiro atoms. The van der Waals surface area contributed by atoms with Gasteiger partial charge in [0.2, 0.25) is 0 Å². The molecule has 0 aromatic heterocycles. The fourth-order valence-corrected chi connectivity index (χ4v) is 2.36. The highest BCUT2D eigenvalue weighted by Gasteiger charge is 2.38. The average molecular weight is 282 g/mol. The van der Waals surface area contributed by atoms with Crippen molar-refractivity contribution in [3.8, 4) is 0 Å². The Hall–Kier alpha value is -2.13. The van der Waals surface area contributed by atoms with Crippen LogP contribution in [0.2, 0.25) is 0 Å². The maximum Gasteiger partial charge on any atom is 0.312 e. The summed E-state index contributed by atoms with van der Waals surface area (Å²) in [6.07, 6.45) is 0.674. The summed E-state index contributed by atoms with van der Waals surface area (Å²) in [5.74, 6) is -0.388. The van der Waals surface area contributed by atoms with Crippen molar-refractivity contribution in [3.63, 3.8) is 0 Å². The van der Waals surface area contributed by atoms with Gasteiger partial charge in [-0.05, 0) is 17.5 Å². The van der Waals surface area contributed by atoms with Gasteiger partial charge < -0.3 is 9.47 Å². The molecule has 1 fully saturated rings. The first-order valence-corrected chi connectivity index (χ1v) is 7.19. The fourth-order valence-electron chi connectivity index (χ4n) is 2.36. The molecule has 0 amide bonds. The van der Waals surface area contributed by atoms with E-state index in [4.69, 9.17) is 9.47 Å². The van der Waals surface area contributed by atoms with E-state index in [1.807, 2.05) is 60.7 Å². The first-order chi connectivity index (χ1) is 10.3. The van der Waals surface area contributed by atoms with Crippen molar-refractivity contribution < 1.29 is 14.3 Å². The lowest BCUT2D eigenvalue weighted by atomic mass is 9.96. The van der Waals surface area contributed by atoms with E-state index in [1.165, 1.54) is 0 Å². The van der Waals surface area contributed by atoms with E-state index in [0.717, 1.165) is 11.1 Å². The molecule has 3 nitrogen and oxygen atoms in total. The number of ether oxygens (including phenoxy) is 2. The highest BCUT2D eigenvalue weighted by Crippen LogP contribution is 2.25. The monoisotopic (exact) mass is 282 g/mol. The van der Waals surface area contributed by atoms with Crippen LogP contribution in [0, 0.1) is 5.92 Å². The Balaban J connectivity index is 1.60. The lowest BCUT2D eigenvalue weighted by Crippen LogP contribution is -2.25. The maximum atomic E-state index is 12.3. The lowest BCUT2D eigenvalue weighted by Gasteiger charge is -2.14. The summed E-state index contributed by atoms with van der Waals surface area (Å²) in [6, 6.07) is 19.7. The van der Waals surface area contributed by atoms with Crippen LogP contribution >= 0.6 is 0 Å². The fraction of sp³-hybridized carbons (Fsp3) is 0.278. The third-order valence-corrected chi connectivity index (χ3v) is 3.63. The minimum atomic E-state index is -0.212. The van der Waals surface area contributed by atoms with E-state index >= 15 is 0 Å².